The largest absolute Gasteiger partial charge is 0.465 e. The Balaban J connectivity index is 1.70. The summed E-state index contributed by atoms with van der Waals surface area (Å²) in [4.78, 5) is 39.1. The SMILES string of the molecule is COC(=O)c1cccc(NC(=O)N[C@@H](C(=O)N2CCc3ccccc32)C(C)C)c1. The third kappa shape index (κ3) is 4.56. The van der Waals surface area contributed by atoms with Gasteiger partial charge in [0.2, 0.25) is 5.91 Å². The van der Waals surface area contributed by atoms with E-state index in [9.17, 15) is 14.4 Å². The summed E-state index contributed by atoms with van der Waals surface area (Å²) in [5, 5.41) is 5.46. The lowest BCUT2D eigenvalue weighted by Gasteiger charge is -2.27. The summed E-state index contributed by atoms with van der Waals surface area (Å²) < 4.78 is 4.69. The van der Waals surface area contributed by atoms with E-state index in [-0.39, 0.29) is 11.8 Å². The molecule has 0 saturated carbocycles. The lowest BCUT2D eigenvalue weighted by molar-refractivity contribution is -0.121. The summed E-state index contributed by atoms with van der Waals surface area (Å²) in [6.45, 7) is 4.39. The van der Waals surface area contributed by atoms with E-state index >= 15 is 0 Å². The molecule has 1 heterocycles. The van der Waals surface area contributed by atoms with Gasteiger partial charge in [0, 0.05) is 17.9 Å². The van der Waals surface area contributed by atoms with Gasteiger partial charge in [-0.05, 0) is 42.2 Å². The molecule has 0 fully saturated rings. The minimum absolute atomic E-state index is 0.0950. The van der Waals surface area contributed by atoms with Crippen molar-refractivity contribution < 1.29 is 19.1 Å². The molecule has 0 aromatic heterocycles. The Morgan fingerprint density at radius 1 is 1.07 bits per heavy atom. The van der Waals surface area contributed by atoms with Crippen LogP contribution in [0, 0.1) is 5.92 Å². The number of anilines is 2. The molecule has 0 unspecified atom stereocenters. The van der Waals surface area contributed by atoms with Gasteiger partial charge in [0.25, 0.3) is 0 Å². The van der Waals surface area contributed by atoms with E-state index in [0.717, 1.165) is 17.7 Å². The van der Waals surface area contributed by atoms with Gasteiger partial charge in [-0.25, -0.2) is 9.59 Å². The fraction of sp³-hybridized carbons (Fsp3) is 0.318. The third-order valence-electron chi connectivity index (χ3n) is 4.91. The molecule has 0 aliphatic carbocycles. The number of nitrogens with one attached hydrogen (secondary N) is 2. The number of nitrogens with zero attached hydrogens (tertiary/aromatic N) is 1. The summed E-state index contributed by atoms with van der Waals surface area (Å²) in [5.74, 6) is -0.720. The molecule has 2 N–H and O–H groups in total. The highest BCUT2D eigenvalue weighted by Gasteiger charge is 2.32. The predicted octanol–water partition coefficient (Wildman–Crippen LogP) is 3.21. The molecule has 152 valence electrons. The van der Waals surface area contributed by atoms with Crippen LogP contribution in [0.15, 0.2) is 48.5 Å². The van der Waals surface area contributed by atoms with Crippen LogP contribution in [-0.2, 0) is 16.0 Å². The molecule has 3 rings (SSSR count). The number of hydrogen-bond donors (Lipinski definition) is 2. The zero-order chi connectivity index (χ0) is 21.0. The molecule has 0 saturated heterocycles. The van der Waals surface area contributed by atoms with E-state index in [1.807, 2.05) is 38.1 Å². The van der Waals surface area contributed by atoms with Crippen molar-refractivity contribution in [2.75, 3.05) is 23.9 Å². The van der Waals surface area contributed by atoms with Gasteiger partial charge in [-0.1, -0.05) is 38.1 Å². The number of amides is 3. The van der Waals surface area contributed by atoms with Crippen molar-refractivity contribution >= 4 is 29.3 Å². The van der Waals surface area contributed by atoms with Crippen molar-refractivity contribution in [3.63, 3.8) is 0 Å². The summed E-state index contributed by atoms with van der Waals surface area (Å²) in [7, 11) is 1.30. The first-order valence-corrected chi connectivity index (χ1v) is 9.56. The van der Waals surface area contributed by atoms with Gasteiger partial charge in [-0.3, -0.25) is 4.79 Å². The smallest absolute Gasteiger partial charge is 0.337 e. The number of ether oxygens (including phenoxy) is 1. The average molecular weight is 395 g/mol. The Bertz CT molecular complexity index is 926. The molecule has 1 atom stereocenters. The van der Waals surface area contributed by atoms with E-state index in [1.54, 1.807) is 23.1 Å². The topological polar surface area (TPSA) is 87.7 Å². The standard InChI is InChI=1S/C22H25N3O4/c1-14(2)19(20(26)25-12-11-15-7-4-5-10-18(15)25)24-22(28)23-17-9-6-8-16(13-17)21(27)29-3/h4-10,13-14,19H,11-12H2,1-3H3,(H2,23,24,28)/t19-/m1/s1. The van der Waals surface area contributed by atoms with Crippen LogP contribution in [0.5, 0.6) is 0 Å². The highest BCUT2D eigenvalue weighted by Crippen LogP contribution is 2.28. The Kier molecular flexibility index (Phi) is 6.16. The number of carbonyl (C=O) groups is 3. The first kappa shape index (κ1) is 20.4. The first-order chi connectivity index (χ1) is 13.9. The monoisotopic (exact) mass is 395 g/mol. The molecule has 0 spiro atoms. The normalized spacial score (nSPS) is 13.6. The number of hydrogen-bond acceptors (Lipinski definition) is 4. The number of rotatable bonds is 5. The zero-order valence-corrected chi connectivity index (χ0v) is 16.8. The van der Waals surface area contributed by atoms with E-state index in [1.165, 1.54) is 13.2 Å². The van der Waals surface area contributed by atoms with E-state index in [0.29, 0.717) is 17.8 Å². The quantitative estimate of drug-likeness (QED) is 0.761. The van der Waals surface area contributed by atoms with E-state index in [2.05, 4.69) is 10.6 Å². The van der Waals surface area contributed by atoms with Gasteiger partial charge < -0.3 is 20.3 Å². The first-order valence-electron chi connectivity index (χ1n) is 9.56. The van der Waals surface area contributed by atoms with Crippen LogP contribution < -0.4 is 15.5 Å². The number of esters is 1. The van der Waals surface area contributed by atoms with Crippen molar-refractivity contribution in [1.82, 2.24) is 5.32 Å². The molecule has 0 radical (unpaired) electrons. The van der Waals surface area contributed by atoms with E-state index in [4.69, 9.17) is 4.74 Å². The predicted molar refractivity (Wildman–Crippen MR) is 111 cm³/mol. The van der Waals surface area contributed by atoms with Crippen molar-refractivity contribution in [2.45, 2.75) is 26.3 Å². The number of benzene rings is 2. The maximum Gasteiger partial charge on any atom is 0.337 e. The fourth-order valence-corrected chi connectivity index (χ4v) is 3.40. The molecule has 7 heteroatoms. The molecule has 2 aromatic rings. The number of urea groups is 1. The zero-order valence-electron chi connectivity index (χ0n) is 16.8. The lowest BCUT2D eigenvalue weighted by Crippen LogP contribution is -2.52. The van der Waals surface area contributed by atoms with Crippen LogP contribution in [0.2, 0.25) is 0 Å². The van der Waals surface area contributed by atoms with Crippen molar-refractivity contribution in [3.8, 4) is 0 Å². The molecule has 0 bridgehead atoms. The van der Waals surface area contributed by atoms with Crippen LogP contribution in [-0.4, -0.2) is 37.6 Å². The van der Waals surface area contributed by atoms with Crippen molar-refractivity contribution in [2.24, 2.45) is 5.92 Å². The average Bonchev–Trinajstić information content (AvgIpc) is 3.15. The van der Waals surface area contributed by atoms with E-state index < -0.39 is 18.0 Å². The Morgan fingerprint density at radius 2 is 1.83 bits per heavy atom. The Hall–Kier alpha value is -3.35. The maximum absolute atomic E-state index is 13.1. The van der Waals surface area contributed by atoms with Crippen molar-refractivity contribution in [3.05, 3.63) is 59.7 Å². The minimum Gasteiger partial charge on any atom is -0.465 e. The summed E-state index contributed by atoms with van der Waals surface area (Å²) in [6, 6.07) is 13.1. The number of fused-ring (bicyclic) bond motifs is 1. The van der Waals surface area contributed by atoms with Gasteiger partial charge in [0.05, 0.1) is 12.7 Å². The molecular weight excluding hydrogens is 370 g/mol. The summed E-state index contributed by atoms with van der Waals surface area (Å²) in [5.41, 5.74) is 2.80. The van der Waals surface area contributed by atoms with Gasteiger partial charge in [-0.15, -0.1) is 0 Å². The highest BCUT2D eigenvalue weighted by molar-refractivity contribution is 6.02. The van der Waals surface area contributed by atoms with Gasteiger partial charge in [-0.2, -0.15) is 0 Å². The second-order valence-electron chi connectivity index (χ2n) is 7.26. The van der Waals surface area contributed by atoms with Gasteiger partial charge >= 0.3 is 12.0 Å². The lowest BCUT2D eigenvalue weighted by atomic mass is 10.0. The second kappa shape index (κ2) is 8.77. The molecule has 7 nitrogen and oxygen atoms in total. The van der Waals surface area contributed by atoms with Gasteiger partial charge in [0.1, 0.15) is 6.04 Å². The van der Waals surface area contributed by atoms with Crippen molar-refractivity contribution in [1.29, 1.82) is 0 Å². The van der Waals surface area contributed by atoms with Crippen LogP contribution in [0.4, 0.5) is 16.2 Å². The number of methoxy groups -OCH3 is 1. The maximum atomic E-state index is 13.1. The van der Waals surface area contributed by atoms with Crippen LogP contribution >= 0.6 is 0 Å². The molecule has 29 heavy (non-hydrogen) atoms. The molecule has 1 aliphatic rings. The summed E-state index contributed by atoms with van der Waals surface area (Å²) >= 11 is 0. The second-order valence-corrected chi connectivity index (χ2v) is 7.26. The Morgan fingerprint density at radius 3 is 2.55 bits per heavy atom. The van der Waals surface area contributed by atoms with Gasteiger partial charge in [0.15, 0.2) is 0 Å². The summed E-state index contributed by atoms with van der Waals surface area (Å²) in [6.07, 6.45) is 0.805. The number of para-hydroxylation sites is 1. The highest BCUT2D eigenvalue weighted by atomic mass is 16.5. The molecule has 2 aromatic carbocycles. The number of carbonyl (C=O) groups excluding carboxylic acids is 3. The van der Waals surface area contributed by atoms with Crippen LogP contribution in [0.3, 0.4) is 0 Å². The minimum atomic E-state index is -0.676. The fourth-order valence-electron chi connectivity index (χ4n) is 3.40. The van der Waals surface area contributed by atoms with Crippen LogP contribution in [0.1, 0.15) is 29.8 Å². The third-order valence-corrected chi connectivity index (χ3v) is 4.91. The van der Waals surface area contributed by atoms with Crippen LogP contribution in [0.25, 0.3) is 0 Å². The molecule has 3 amide bonds. The Labute approximate surface area is 170 Å². The molecule has 1 aliphatic heterocycles. The molecular formula is C22H25N3O4.